The zero-order valence-electron chi connectivity index (χ0n) is 11.9. The zero-order chi connectivity index (χ0) is 14.6. The van der Waals surface area contributed by atoms with Crippen molar-refractivity contribution in [3.63, 3.8) is 0 Å². The first kappa shape index (κ1) is 16.5. The van der Waals surface area contributed by atoms with Gasteiger partial charge < -0.3 is 5.32 Å². The largest absolute Gasteiger partial charge is 0.351 e. The molecule has 0 heterocycles. The summed E-state index contributed by atoms with van der Waals surface area (Å²) in [6, 6.07) is 5.31. The normalized spacial score (nSPS) is 13.2. The first-order valence-electron chi connectivity index (χ1n) is 6.37. The molecule has 1 aromatic rings. The van der Waals surface area contributed by atoms with E-state index in [9.17, 15) is 4.79 Å². The van der Waals surface area contributed by atoms with Crippen molar-refractivity contribution in [1.82, 2.24) is 5.32 Å². The molecule has 0 aliphatic carbocycles. The highest BCUT2D eigenvalue weighted by atomic mass is 79.9. The number of benzene rings is 1. The van der Waals surface area contributed by atoms with Crippen LogP contribution in [0.25, 0.3) is 0 Å². The van der Waals surface area contributed by atoms with Gasteiger partial charge in [-0.1, -0.05) is 48.3 Å². The Bertz CT molecular complexity index is 454. The van der Waals surface area contributed by atoms with E-state index in [2.05, 4.69) is 42.0 Å². The monoisotopic (exact) mass is 345 g/mol. The van der Waals surface area contributed by atoms with E-state index in [-0.39, 0.29) is 16.1 Å². The van der Waals surface area contributed by atoms with E-state index in [0.717, 1.165) is 12.0 Å². The molecule has 1 N–H and O–H groups in total. The van der Waals surface area contributed by atoms with Crippen molar-refractivity contribution < 1.29 is 4.79 Å². The van der Waals surface area contributed by atoms with Crippen LogP contribution in [0.2, 0.25) is 5.02 Å². The van der Waals surface area contributed by atoms with Crippen LogP contribution in [-0.4, -0.2) is 17.3 Å². The fourth-order valence-electron chi connectivity index (χ4n) is 1.92. The van der Waals surface area contributed by atoms with E-state index in [1.54, 1.807) is 18.2 Å². The molecule has 106 valence electrons. The maximum Gasteiger partial charge on any atom is 0.251 e. The van der Waals surface area contributed by atoms with Gasteiger partial charge in [-0.25, -0.2) is 0 Å². The Balaban J connectivity index is 2.56. The summed E-state index contributed by atoms with van der Waals surface area (Å²) in [5.41, 5.74) is 1.82. The molecule has 4 heteroatoms. The lowest BCUT2D eigenvalue weighted by Gasteiger charge is -2.22. The highest BCUT2D eigenvalue weighted by Crippen LogP contribution is 2.24. The van der Waals surface area contributed by atoms with Crippen LogP contribution in [-0.2, 0) is 0 Å². The van der Waals surface area contributed by atoms with Crippen LogP contribution >= 0.6 is 27.5 Å². The van der Waals surface area contributed by atoms with Gasteiger partial charge in [-0.2, -0.15) is 0 Å². The first-order chi connectivity index (χ1) is 8.69. The zero-order valence-corrected chi connectivity index (χ0v) is 14.2. The molecular weight excluding hydrogens is 326 g/mol. The smallest absolute Gasteiger partial charge is 0.251 e. The van der Waals surface area contributed by atoms with Crippen molar-refractivity contribution in [1.29, 1.82) is 0 Å². The van der Waals surface area contributed by atoms with Gasteiger partial charge >= 0.3 is 0 Å². The van der Waals surface area contributed by atoms with Crippen molar-refractivity contribution in [2.45, 2.75) is 38.9 Å². The Labute approximate surface area is 129 Å². The maximum atomic E-state index is 12.1. The van der Waals surface area contributed by atoms with E-state index in [0.29, 0.717) is 17.1 Å². The number of amides is 1. The van der Waals surface area contributed by atoms with Crippen molar-refractivity contribution >= 4 is 33.4 Å². The average molecular weight is 347 g/mol. The second-order valence-electron chi connectivity index (χ2n) is 6.03. The molecule has 0 aliphatic rings. The second-order valence-corrected chi connectivity index (χ2v) is 7.76. The Morgan fingerprint density at radius 2 is 2.05 bits per heavy atom. The molecule has 1 rings (SSSR count). The summed E-state index contributed by atoms with van der Waals surface area (Å²) < 4.78 is 0. The van der Waals surface area contributed by atoms with Crippen LogP contribution in [0.4, 0.5) is 0 Å². The maximum absolute atomic E-state index is 12.1. The fourth-order valence-corrected chi connectivity index (χ4v) is 3.28. The standard InChI is InChI=1S/C15H21BrClNO/c1-10-7-12(17)5-6-13(10)14(19)18-9-11(16)8-15(2,3)4/h5-7,11H,8-9H2,1-4H3,(H,18,19). The Morgan fingerprint density at radius 1 is 1.42 bits per heavy atom. The van der Waals surface area contributed by atoms with Gasteiger partial charge in [-0.3, -0.25) is 4.79 Å². The summed E-state index contributed by atoms with van der Waals surface area (Å²) in [5.74, 6) is -0.0486. The number of carbonyl (C=O) groups is 1. The molecule has 0 aromatic heterocycles. The third kappa shape index (κ3) is 5.96. The Morgan fingerprint density at radius 3 is 2.58 bits per heavy atom. The van der Waals surface area contributed by atoms with Crippen LogP contribution in [0, 0.1) is 12.3 Å². The molecule has 1 amide bonds. The van der Waals surface area contributed by atoms with Crippen molar-refractivity contribution in [2.75, 3.05) is 6.54 Å². The summed E-state index contributed by atoms with van der Waals surface area (Å²) in [5, 5.41) is 3.61. The molecule has 0 saturated carbocycles. The topological polar surface area (TPSA) is 29.1 Å². The number of hydrogen-bond donors (Lipinski definition) is 1. The average Bonchev–Trinajstić information content (AvgIpc) is 2.23. The summed E-state index contributed by atoms with van der Waals surface area (Å²) in [7, 11) is 0. The SMILES string of the molecule is Cc1cc(Cl)ccc1C(=O)NCC(Br)CC(C)(C)C. The summed E-state index contributed by atoms with van der Waals surface area (Å²) in [6.45, 7) is 9.07. The number of halogens is 2. The predicted molar refractivity (Wildman–Crippen MR) is 85.3 cm³/mol. The molecule has 0 bridgehead atoms. The minimum absolute atomic E-state index is 0.0486. The van der Waals surface area contributed by atoms with Crippen molar-refractivity contribution in [3.8, 4) is 0 Å². The van der Waals surface area contributed by atoms with Gasteiger partial charge in [0.05, 0.1) is 0 Å². The van der Waals surface area contributed by atoms with Crippen molar-refractivity contribution in [3.05, 3.63) is 34.3 Å². The van der Waals surface area contributed by atoms with Crippen LogP contribution in [0.1, 0.15) is 43.1 Å². The molecule has 1 unspecified atom stereocenters. The molecular formula is C15H21BrClNO. The third-order valence-electron chi connectivity index (χ3n) is 2.75. The number of rotatable bonds is 4. The minimum Gasteiger partial charge on any atom is -0.351 e. The van der Waals surface area contributed by atoms with Crippen molar-refractivity contribution in [2.24, 2.45) is 5.41 Å². The second kappa shape index (κ2) is 6.76. The molecule has 1 atom stereocenters. The molecule has 0 fully saturated rings. The molecule has 2 nitrogen and oxygen atoms in total. The van der Waals surface area contributed by atoms with Gasteiger partial charge in [0, 0.05) is 22.0 Å². The number of nitrogens with one attached hydrogen (secondary N) is 1. The van der Waals surface area contributed by atoms with E-state index in [1.807, 2.05) is 6.92 Å². The number of alkyl halides is 1. The van der Waals surface area contributed by atoms with Gasteiger partial charge in [-0.15, -0.1) is 0 Å². The quantitative estimate of drug-likeness (QED) is 0.794. The molecule has 0 aliphatic heterocycles. The molecule has 0 spiro atoms. The first-order valence-corrected chi connectivity index (χ1v) is 7.67. The van der Waals surface area contributed by atoms with Gasteiger partial charge in [0.15, 0.2) is 0 Å². The number of aryl methyl sites for hydroxylation is 1. The van der Waals surface area contributed by atoms with Gasteiger partial charge in [-0.05, 0) is 42.5 Å². The lowest BCUT2D eigenvalue weighted by atomic mass is 9.90. The van der Waals surface area contributed by atoms with E-state index in [4.69, 9.17) is 11.6 Å². The van der Waals surface area contributed by atoms with E-state index in [1.165, 1.54) is 0 Å². The summed E-state index contributed by atoms with van der Waals surface area (Å²) in [6.07, 6.45) is 1.01. The molecule has 19 heavy (non-hydrogen) atoms. The summed E-state index contributed by atoms with van der Waals surface area (Å²) in [4.78, 5) is 12.4. The highest BCUT2D eigenvalue weighted by molar-refractivity contribution is 9.09. The van der Waals surface area contributed by atoms with Crippen LogP contribution < -0.4 is 5.32 Å². The lowest BCUT2D eigenvalue weighted by Crippen LogP contribution is -2.31. The summed E-state index contributed by atoms with van der Waals surface area (Å²) >= 11 is 9.49. The lowest BCUT2D eigenvalue weighted by molar-refractivity contribution is 0.0952. The van der Waals surface area contributed by atoms with E-state index < -0.39 is 0 Å². The van der Waals surface area contributed by atoms with E-state index >= 15 is 0 Å². The Kier molecular flexibility index (Phi) is 5.87. The van der Waals surface area contributed by atoms with Gasteiger partial charge in [0.2, 0.25) is 0 Å². The Hall–Kier alpha value is -0.540. The van der Waals surface area contributed by atoms with Crippen LogP contribution in [0.3, 0.4) is 0 Å². The third-order valence-corrected chi connectivity index (χ3v) is 3.63. The fraction of sp³-hybridized carbons (Fsp3) is 0.533. The molecule has 1 aromatic carbocycles. The molecule has 0 radical (unpaired) electrons. The minimum atomic E-state index is -0.0486. The van der Waals surface area contributed by atoms with Crippen LogP contribution in [0.5, 0.6) is 0 Å². The number of carbonyl (C=O) groups excluding carboxylic acids is 1. The van der Waals surface area contributed by atoms with Gasteiger partial charge in [0.25, 0.3) is 5.91 Å². The van der Waals surface area contributed by atoms with Gasteiger partial charge in [0.1, 0.15) is 0 Å². The number of hydrogen-bond acceptors (Lipinski definition) is 1. The predicted octanol–water partition coefficient (Wildman–Crippen LogP) is 4.58. The highest BCUT2D eigenvalue weighted by Gasteiger charge is 2.17. The molecule has 0 saturated heterocycles. The van der Waals surface area contributed by atoms with Crippen LogP contribution in [0.15, 0.2) is 18.2 Å².